The lowest BCUT2D eigenvalue weighted by molar-refractivity contribution is -0.122. The molecule has 1 aliphatic rings. The van der Waals surface area contributed by atoms with Crippen LogP contribution in [-0.2, 0) is 4.79 Å². The molecular formula is C24H28N2O3S. The van der Waals surface area contributed by atoms with Crippen LogP contribution in [0.4, 0.5) is 5.69 Å². The molecule has 5 nitrogen and oxygen atoms in total. The zero-order chi connectivity index (χ0) is 21.5. The van der Waals surface area contributed by atoms with Crippen LogP contribution in [0.1, 0.15) is 38.3 Å². The van der Waals surface area contributed by atoms with Crippen LogP contribution < -0.4 is 9.47 Å². The summed E-state index contributed by atoms with van der Waals surface area (Å²) < 4.78 is 11.5. The second-order valence-corrected chi connectivity index (χ2v) is 7.84. The van der Waals surface area contributed by atoms with Crippen molar-refractivity contribution in [3.05, 3.63) is 58.5 Å². The van der Waals surface area contributed by atoms with Gasteiger partial charge in [0.15, 0.2) is 16.7 Å². The van der Waals surface area contributed by atoms with E-state index in [1.807, 2.05) is 69.3 Å². The van der Waals surface area contributed by atoms with Gasteiger partial charge in [0.05, 0.1) is 23.8 Å². The maximum absolute atomic E-state index is 12.9. The SMILES string of the molecule is CCCOc1ccc(/C=C2/SC(=Nc3ccccc3C)N(CC)C2=O)cc1OCC. The van der Waals surface area contributed by atoms with Gasteiger partial charge < -0.3 is 9.47 Å². The third-order valence-corrected chi connectivity index (χ3v) is 5.57. The Morgan fingerprint density at radius 2 is 1.87 bits per heavy atom. The minimum atomic E-state index is -0.0286. The highest BCUT2D eigenvalue weighted by atomic mass is 32.2. The Kier molecular flexibility index (Phi) is 7.57. The Morgan fingerprint density at radius 1 is 1.07 bits per heavy atom. The van der Waals surface area contributed by atoms with Gasteiger partial charge in [-0.1, -0.05) is 31.2 Å². The average molecular weight is 425 g/mol. The number of hydrogen-bond acceptors (Lipinski definition) is 5. The number of nitrogens with zero attached hydrogens (tertiary/aromatic N) is 2. The van der Waals surface area contributed by atoms with E-state index in [0.717, 1.165) is 29.0 Å². The molecule has 1 saturated heterocycles. The van der Waals surface area contributed by atoms with Crippen LogP contribution in [0, 0.1) is 6.92 Å². The van der Waals surface area contributed by atoms with Gasteiger partial charge in [-0.3, -0.25) is 9.69 Å². The van der Waals surface area contributed by atoms with Gasteiger partial charge in [0.1, 0.15) is 0 Å². The van der Waals surface area contributed by atoms with Gasteiger partial charge in [-0.05, 0) is 74.4 Å². The highest BCUT2D eigenvalue weighted by Gasteiger charge is 2.32. The van der Waals surface area contributed by atoms with Crippen LogP contribution in [0.15, 0.2) is 52.4 Å². The number of para-hydroxylation sites is 1. The van der Waals surface area contributed by atoms with Gasteiger partial charge in [0.25, 0.3) is 5.91 Å². The fraction of sp³-hybridized carbons (Fsp3) is 0.333. The van der Waals surface area contributed by atoms with Gasteiger partial charge in [-0.25, -0.2) is 4.99 Å². The van der Waals surface area contributed by atoms with E-state index >= 15 is 0 Å². The molecule has 3 rings (SSSR count). The van der Waals surface area contributed by atoms with E-state index in [0.29, 0.717) is 35.6 Å². The van der Waals surface area contributed by atoms with E-state index in [1.54, 1.807) is 4.90 Å². The number of carbonyl (C=O) groups is 1. The van der Waals surface area contributed by atoms with Crippen LogP contribution >= 0.6 is 11.8 Å². The van der Waals surface area contributed by atoms with E-state index < -0.39 is 0 Å². The second kappa shape index (κ2) is 10.3. The zero-order valence-corrected chi connectivity index (χ0v) is 18.8. The fourth-order valence-corrected chi connectivity index (χ4v) is 4.08. The Bertz CT molecular complexity index is 969. The topological polar surface area (TPSA) is 51.1 Å². The number of carbonyl (C=O) groups excluding carboxylic acids is 1. The summed E-state index contributed by atoms with van der Waals surface area (Å²) in [6.45, 7) is 9.75. The number of ether oxygens (including phenoxy) is 2. The third-order valence-electron chi connectivity index (χ3n) is 4.56. The normalized spacial score (nSPS) is 16.5. The van der Waals surface area contributed by atoms with Crippen molar-refractivity contribution in [2.45, 2.75) is 34.1 Å². The summed E-state index contributed by atoms with van der Waals surface area (Å²) in [6, 6.07) is 13.7. The largest absolute Gasteiger partial charge is 0.490 e. The summed E-state index contributed by atoms with van der Waals surface area (Å²) >= 11 is 1.40. The van der Waals surface area contributed by atoms with Crippen molar-refractivity contribution in [2.75, 3.05) is 19.8 Å². The molecule has 2 aromatic rings. The van der Waals surface area contributed by atoms with Gasteiger partial charge in [0.2, 0.25) is 0 Å². The summed E-state index contributed by atoms with van der Waals surface area (Å²) in [6.07, 6.45) is 2.82. The molecule has 1 fully saturated rings. The summed E-state index contributed by atoms with van der Waals surface area (Å²) in [7, 11) is 0. The average Bonchev–Trinajstić information content (AvgIpc) is 3.03. The molecule has 2 aromatic carbocycles. The summed E-state index contributed by atoms with van der Waals surface area (Å²) in [5.41, 5.74) is 2.85. The van der Waals surface area contributed by atoms with E-state index in [-0.39, 0.29) is 5.91 Å². The van der Waals surface area contributed by atoms with Crippen LogP contribution in [-0.4, -0.2) is 35.7 Å². The van der Waals surface area contributed by atoms with E-state index in [1.165, 1.54) is 11.8 Å². The van der Waals surface area contributed by atoms with Crippen molar-refractivity contribution in [1.82, 2.24) is 4.90 Å². The highest BCUT2D eigenvalue weighted by molar-refractivity contribution is 8.18. The van der Waals surface area contributed by atoms with E-state index in [4.69, 9.17) is 14.5 Å². The maximum atomic E-state index is 12.9. The summed E-state index contributed by atoms with van der Waals surface area (Å²) in [5.74, 6) is 1.39. The quantitative estimate of drug-likeness (QED) is 0.502. The molecule has 0 bridgehead atoms. The van der Waals surface area contributed by atoms with Gasteiger partial charge >= 0.3 is 0 Å². The number of amidine groups is 1. The lowest BCUT2D eigenvalue weighted by Crippen LogP contribution is -2.28. The molecule has 0 N–H and O–H groups in total. The number of thioether (sulfide) groups is 1. The lowest BCUT2D eigenvalue weighted by Gasteiger charge is -2.12. The predicted molar refractivity (Wildman–Crippen MR) is 125 cm³/mol. The minimum absolute atomic E-state index is 0.0286. The molecular weight excluding hydrogens is 396 g/mol. The van der Waals surface area contributed by atoms with Crippen molar-refractivity contribution >= 4 is 34.6 Å². The number of aryl methyl sites for hydroxylation is 1. The number of hydrogen-bond donors (Lipinski definition) is 0. The Labute approximate surface area is 182 Å². The Morgan fingerprint density at radius 3 is 2.57 bits per heavy atom. The van der Waals surface area contributed by atoms with Crippen molar-refractivity contribution in [3.63, 3.8) is 0 Å². The molecule has 6 heteroatoms. The highest BCUT2D eigenvalue weighted by Crippen LogP contribution is 2.36. The van der Waals surface area contributed by atoms with Crippen molar-refractivity contribution in [3.8, 4) is 11.5 Å². The summed E-state index contributed by atoms with van der Waals surface area (Å²) in [5, 5.41) is 0.705. The number of aliphatic imine (C=N–C) groups is 1. The summed E-state index contributed by atoms with van der Waals surface area (Å²) in [4.78, 5) is 20.1. The number of likely N-dealkylation sites (N-methyl/N-ethyl adjacent to an activating group) is 1. The zero-order valence-electron chi connectivity index (χ0n) is 18.0. The molecule has 0 radical (unpaired) electrons. The smallest absolute Gasteiger partial charge is 0.266 e. The first-order valence-corrected chi connectivity index (χ1v) is 11.1. The molecule has 0 aliphatic carbocycles. The second-order valence-electron chi connectivity index (χ2n) is 6.83. The van der Waals surface area contributed by atoms with Gasteiger partial charge in [-0.2, -0.15) is 0 Å². The molecule has 1 aliphatic heterocycles. The molecule has 0 spiro atoms. The molecule has 0 saturated carbocycles. The van der Waals surface area contributed by atoms with E-state index in [9.17, 15) is 4.79 Å². The first kappa shape index (κ1) is 22.0. The first-order chi connectivity index (χ1) is 14.6. The number of rotatable bonds is 8. The monoisotopic (exact) mass is 424 g/mol. The van der Waals surface area contributed by atoms with Crippen LogP contribution in [0.5, 0.6) is 11.5 Å². The number of amides is 1. The van der Waals surface area contributed by atoms with Gasteiger partial charge in [0, 0.05) is 6.54 Å². The first-order valence-electron chi connectivity index (χ1n) is 10.3. The van der Waals surface area contributed by atoms with E-state index in [2.05, 4.69) is 6.92 Å². The Balaban J connectivity index is 1.90. The maximum Gasteiger partial charge on any atom is 0.266 e. The van der Waals surface area contributed by atoms with Crippen LogP contribution in [0.2, 0.25) is 0 Å². The fourth-order valence-electron chi connectivity index (χ4n) is 3.03. The molecule has 1 heterocycles. The van der Waals surface area contributed by atoms with Crippen molar-refractivity contribution in [2.24, 2.45) is 4.99 Å². The molecule has 30 heavy (non-hydrogen) atoms. The molecule has 158 valence electrons. The molecule has 0 unspecified atom stereocenters. The Hall–Kier alpha value is -2.73. The van der Waals surface area contributed by atoms with Crippen molar-refractivity contribution in [1.29, 1.82) is 0 Å². The predicted octanol–water partition coefficient (Wildman–Crippen LogP) is 5.81. The third kappa shape index (κ3) is 5.05. The minimum Gasteiger partial charge on any atom is -0.490 e. The number of benzene rings is 2. The molecule has 1 amide bonds. The molecule has 0 aromatic heterocycles. The van der Waals surface area contributed by atoms with Gasteiger partial charge in [-0.15, -0.1) is 0 Å². The van der Waals surface area contributed by atoms with Crippen LogP contribution in [0.25, 0.3) is 6.08 Å². The standard InChI is InChI=1S/C24H28N2O3S/c1-5-14-29-20-13-12-18(15-21(20)28-7-3)16-22-23(27)26(6-2)24(30-22)25-19-11-9-8-10-17(19)4/h8-13,15-16H,5-7,14H2,1-4H3/b22-16+,25-24?. The lowest BCUT2D eigenvalue weighted by atomic mass is 10.2. The van der Waals surface area contributed by atoms with Crippen molar-refractivity contribution < 1.29 is 14.3 Å². The molecule has 0 atom stereocenters. The van der Waals surface area contributed by atoms with Crippen LogP contribution in [0.3, 0.4) is 0 Å².